The molecular formula is C14H29N5S. The van der Waals surface area contributed by atoms with Gasteiger partial charge in [0.25, 0.3) is 0 Å². The molecule has 2 aliphatic rings. The van der Waals surface area contributed by atoms with Crippen molar-refractivity contribution in [2.45, 2.75) is 12.8 Å². The molecule has 2 N–H and O–H groups in total. The van der Waals surface area contributed by atoms with Gasteiger partial charge in [-0.3, -0.25) is 4.99 Å². The molecular weight excluding hydrogens is 270 g/mol. The summed E-state index contributed by atoms with van der Waals surface area (Å²) in [5.74, 6) is 3.11. The fraction of sp³-hybridized carbons (Fsp3) is 0.929. The largest absolute Gasteiger partial charge is 0.370 e. The molecule has 2 saturated heterocycles. The summed E-state index contributed by atoms with van der Waals surface area (Å²) >= 11 is 2.00. The number of nitrogens with two attached hydrogens (primary N) is 1. The zero-order valence-electron chi connectivity index (χ0n) is 12.8. The molecule has 0 aromatic rings. The first-order valence-corrected chi connectivity index (χ1v) is 8.94. The lowest BCUT2D eigenvalue weighted by Gasteiger charge is -2.27. The zero-order valence-corrected chi connectivity index (χ0v) is 13.6. The fourth-order valence-electron chi connectivity index (χ4n) is 2.70. The van der Waals surface area contributed by atoms with E-state index in [-0.39, 0.29) is 0 Å². The Morgan fingerprint density at radius 1 is 1.10 bits per heavy atom. The van der Waals surface area contributed by atoms with Crippen molar-refractivity contribution in [1.82, 2.24) is 14.7 Å². The van der Waals surface area contributed by atoms with Crippen molar-refractivity contribution in [1.29, 1.82) is 0 Å². The lowest BCUT2D eigenvalue weighted by atomic mass is 10.3. The molecule has 5 nitrogen and oxygen atoms in total. The number of aliphatic imine (C=N–C) groups is 1. The molecule has 0 bridgehead atoms. The molecule has 2 rings (SSSR count). The predicted octanol–water partition coefficient (Wildman–Crippen LogP) is 0.378. The van der Waals surface area contributed by atoms with Gasteiger partial charge in [-0.1, -0.05) is 0 Å². The average molecular weight is 299 g/mol. The lowest BCUT2D eigenvalue weighted by molar-refractivity contribution is 0.275. The summed E-state index contributed by atoms with van der Waals surface area (Å²) in [6, 6.07) is 0. The molecule has 0 radical (unpaired) electrons. The van der Waals surface area contributed by atoms with E-state index in [2.05, 4.69) is 26.7 Å². The number of nitrogens with zero attached hydrogens (tertiary/aromatic N) is 4. The zero-order chi connectivity index (χ0) is 14.2. The van der Waals surface area contributed by atoms with Gasteiger partial charge in [0.05, 0.1) is 0 Å². The molecule has 0 amide bonds. The Morgan fingerprint density at radius 2 is 1.90 bits per heavy atom. The van der Waals surface area contributed by atoms with Gasteiger partial charge in [0.1, 0.15) is 0 Å². The van der Waals surface area contributed by atoms with Gasteiger partial charge >= 0.3 is 0 Å². The summed E-state index contributed by atoms with van der Waals surface area (Å²) in [5.41, 5.74) is 6.06. The minimum atomic E-state index is 0.751. The highest BCUT2D eigenvalue weighted by atomic mass is 32.2. The van der Waals surface area contributed by atoms with Crippen LogP contribution in [-0.4, -0.2) is 91.6 Å². The van der Waals surface area contributed by atoms with Gasteiger partial charge in [0, 0.05) is 44.2 Å². The number of hydrogen-bond acceptors (Lipinski definition) is 4. The summed E-state index contributed by atoms with van der Waals surface area (Å²) < 4.78 is 0. The van der Waals surface area contributed by atoms with Gasteiger partial charge < -0.3 is 20.4 Å². The van der Waals surface area contributed by atoms with E-state index in [0.29, 0.717) is 0 Å². The molecule has 0 saturated carbocycles. The van der Waals surface area contributed by atoms with Crippen LogP contribution in [0.4, 0.5) is 0 Å². The monoisotopic (exact) mass is 299 g/mol. The highest BCUT2D eigenvalue weighted by Crippen LogP contribution is 2.08. The van der Waals surface area contributed by atoms with Crippen LogP contribution in [0.25, 0.3) is 0 Å². The van der Waals surface area contributed by atoms with Crippen molar-refractivity contribution in [2.24, 2.45) is 10.7 Å². The van der Waals surface area contributed by atoms with Gasteiger partial charge in [-0.05, 0) is 39.5 Å². The number of rotatable bonds is 4. The number of hydrogen-bond donors (Lipinski definition) is 1. The summed E-state index contributed by atoms with van der Waals surface area (Å²) in [6.45, 7) is 8.97. The Labute approximate surface area is 127 Å². The first kappa shape index (κ1) is 15.9. The van der Waals surface area contributed by atoms with E-state index < -0.39 is 0 Å². The third-order valence-corrected chi connectivity index (χ3v) is 5.00. The van der Waals surface area contributed by atoms with Crippen LogP contribution in [0.3, 0.4) is 0 Å². The quantitative estimate of drug-likeness (QED) is 0.462. The van der Waals surface area contributed by atoms with Crippen molar-refractivity contribution in [3.05, 3.63) is 0 Å². The standard InChI is InChI=1S/C14H29N5S/c1-17-5-3-7-18(9-8-17)6-2-4-16-14(15)19-10-12-20-13-11-19/h2-13H2,1H3,(H2,15,16). The van der Waals surface area contributed by atoms with Crippen molar-refractivity contribution < 1.29 is 0 Å². The smallest absolute Gasteiger partial charge is 0.191 e. The molecule has 0 spiro atoms. The molecule has 0 aliphatic carbocycles. The van der Waals surface area contributed by atoms with Gasteiger partial charge in [0.2, 0.25) is 0 Å². The third-order valence-electron chi connectivity index (χ3n) is 4.05. The SMILES string of the molecule is CN1CCCN(CCCN=C(N)N2CCSCC2)CC1. The molecule has 2 aliphatic heterocycles. The van der Waals surface area contributed by atoms with E-state index in [1.54, 1.807) is 0 Å². The molecule has 116 valence electrons. The van der Waals surface area contributed by atoms with Crippen LogP contribution < -0.4 is 5.73 Å². The van der Waals surface area contributed by atoms with E-state index in [9.17, 15) is 0 Å². The van der Waals surface area contributed by atoms with Gasteiger partial charge in [-0.15, -0.1) is 0 Å². The summed E-state index contributed by atoms with van der Waals surface area (Å²) in [7, 11) is 2.21. The van der Waals surface area contributed by atoms with Crippen LogP contribution in [0.2, 0.25) is 0 Å². The second-order valence-electron chi connectivity index (χ2n) is 5.69. The van der Waals surface area contributed by atoms with Crippen LogP contribution in [-0.2, 0) is 0 Å². The van der Waals surface area contributed by atoms with E-state index in [4.69, 9.17) is 5.73 Å². The Kier molecular flexibility index (Phi) is 6.96. The van der Waals surface area contributed by atoms with Crippen molar-refractivity contribution in [2.75, 3.05) is 70.9 Å². The second-order valence-corrected chi connectivity index (χ2v) is 6.92. The highest BCUT2D eigenvalue weighted by molar-refractivity contribution is 7.99. The lowest BCUT2D eigenvalue weighted by Crippen LogP contribution is -2.42. The Balaban J connectivity index is 1.62. The van der Waals surface area contributed by atoms with E-state index in [0.717, 1.165) is 38.6 Å². The molecule has 0 aromatic carbocycles. The Bertz CT molecular complexity index is 304. The minimum Gasteiger partial charge on any atom is -0.370 e. The topological polar surface area (TPSA) is 48.1 Å². The molecule has 0 aromatic heterocycles. The fourth-order valence-corrected chi connectivity index (χ4v) is 3.61. The Hall–Kier alpha value is -0.460. The summed E-state index contributed by atoms with van der Waals surface area (Å²) in [4.78, 5) is 11.7. The first-order valence-electron chi connectivity index (χ1n) is 7.79. The first-order chi connectivity index (χ1) is 9.75. The van der Waals surface area contributed by atoms with Crippen molar-refractivity contribution >= 4 is 17.7 Å². The molecule has 2 fully saturated rings. The third kappa shape index (κ3) is 5.50. The van der Waals surface area contributed by atoms with Crippen LogP contribution in [0.1, 0.15) is 12.8 Å². The minimum absolute atomic E-state index is 0.751. The van der Waals surface area contributed by atoms with Crippen LogP contribution >= 0.6 is 11.8 Å². The molecule has 2 heterocycles. The maximum absolute atomic E-state index is 6.06. The molecule has 0 atom stereocenters. The second kappa shape index (κ2) is 8.74. The van der Waals surface area contributed by atoms with E-state index >= 15 is 0 Å². The van der Waals surface area contributed by atoms with Gasteiger partial charge in [-0.2, -0.15) is 11.8 Å². The maximum Gasteiger partial charge on any atom is 0.191 e. The van der Waals surface area contributed by atoms with Gasteiger partial charge in [0.15, 0.2) is 5.96 Å². The normalized spacial score (nSPS) is 23.9. The average Bonchev–Trinajstić information content (AvgIpc) is 2.69. The predicted molar refractivity (Wildman–Crippen MR) is 88.6 cm³/mol. The van der Waals surface area contributed by atoms with Crippen LogP contribution in [0.5, 0.6) is 0 Å². The molecule has 0 unspecified atom stereocenters. The van der Waals surface area contributed by atoms with E-state index in [1.165, 1.54) is 44.1 Å². The highest BCUT2D eigenvalue weighted by Gasteiger charge is 2.13. The number of likely N-dealkylation sites (N-methyl/N-ethyl adjacent to an activating group) is 1. The number of guanidine groups is 1. The van der Waals surface area contributed by atoms with Crippen LogP contribution in [0, 0.1) is 0 Å². The number of thioether (sulfide) groups is 1. The summed E-state index contributed by atoms with van der Waals surface area (Å²) in [6.07, 6.45) is 2.40. The molecule has 20 heavy (non-hydrogen) atoms. The summed E-state index contributed by atoms with van der Waals surface area (Å²) in [5, 5.41) is 0. The Morgan fingerprint density at radius 3 is 2.70 bits per heavy atom. The van der Waals surface area contributed by atoms with Crippen LogP contribution in [0.15, 0.2) is 4.99 Å². The van der Waals surface area contributed by atoms with Crippen molar-refractivity contribution in [3.63, 3.8) is 0 Å². The molecule has 6 heteroatoms. The maximum atomic E-state index is 6.06. The van der Waals surface area contributed by atoms with Crippen molar-refractivity contribution in [3.8, 4) is 0 Å². The van der Waals surface area contributed by atoms with E-state index in [1.807, 2.05) is 11.8 Å². The van der Waals surface area contributed by atoms with Gasteiger partial charge in [-0.25, -0.2) is 0 Å².